The van der Waals surface area contributed by atoms with Gasteiger partial charge in [-0.3, -0.25) is 0 Å². The summed E-state index contributed by atoms with van der Waals surface area (Å²) in [6, 6.07) is 20.9. The van der Waals surface area contributed by atoms with Crippen LogP contribution in [-0.4, -0.2) is 31.9 Å². The van der Waals surface area contributed by atoms with E-state index in [0.717, 1.165) is 16.8 Å². The summed E-state index contributed by atoms with van der Waals surface area (Å²) >= 11 is 2.19. The van der Waals surface area contributed by atoms with E-state index in [2.05, 4.69) is 48.5 Å². The second-order valence-electron chi connectivity index (χ2n) is 4.28. The second kappa shape index (κ2) is 8.44. The Balaban J connectivity index is 1.64. The first kappa shape index (κ1) is 14.7. The maximum atomic E-state index is 9.98. The van der Waals surface area contributed by atoms with E-state index in [-0.39, 0.29) is 6.10 Å². The third-order valence-electron chi connectivity index (χ3n) is 2.61. The Morgan fingerprint density at radius 3 is 2.26 bits per heavy atom. The fourth-order valence-corrected chi connectivity index (χ4v) is 4.71. The average Bonchev–Trinajstić information content (AvgIpc) is 2.47. The van der Waals surface area contributed by atoms with Crippen LogP contribution in [0.5, 0.6) is 0 Å². The average molecular weight is 337 g/mol. The van der Waals surface area contributed by atoms with Crippen molar-refractivity contribution in [3.8, 4) is 0 Å². The third-order valence-corrected chi connectivity index (χ3v) is 6.19. The van der Waals surface area contributed by atoms with Crippen molar-refractivity contribution in [2.24, 2.45) is 0 Å². The SMILES string of the molecule is OC(CSCc1ccccc1)C[Se]c1ccccc1. The van der Waals surface area contributed by atoms with Crippen LogP contribution in [-0.2, 0) is 5.75 Å². The van der Waals surface area contributed by atoms with Gasteiger partial charge in [-0.25, -0.2) is 0 Å². The quantitative estimate of drug-likeness (QED) is 0.784. The molecule has 1 N–H and O–H groups in total. The number of aliphatic hydroxyl groups is 1. The number of aliphatic hydroxyl groups excluding tert-OH is 1. The Hall–Kier alpha value is -0.731. The van der Waals surface area contributed by atoms with Gasteiger partial charge in [0.15, 0.2) is 0 Å². The molecule has 0 amide bonds. The van der Waals surface area contributed by atoms with Gasteiger partial charge in [-0.2, -0.15) is 0 Å². The van der Waals surface area contributed by atoms with Gasteiger partial charge in [-0.1, -0.05) is 0 Å². The molecule has 19 heavy (non-hydrogen) atoms. The molecule has 0 fully saturated rings. The summed E-state index contributed by atoms with van der Waals surface area (Å²) in [6.45, 7) is 0. The molecular formula is C16H18OSSe. The molecule has 0 radical (unpaired) electrons. The number of thioether (sulfide) groups is 1. The molecule has 1 unspecified atom stereocenters. The van der Waals surface area contributed by atoms with Gasteiger partial charge in [0, 0.05) is 0 Å². The third kappa shape index (κ3) is 5.83. The van der Waals surface area contributed by atoms with E-state index in [1.54, 1.807) is 0 Å². The number of benzene rings is 2. The normalized spacial score (nSPS) is 12.3. The van der Waals surface area contributed by atoms with Gasteiger partial charge in [0.05, 0.1) is 0 Å². The van der Waals surface area contributed by atoms with Crippen molar-refractivity contribution in [1.82, 2.24) is 0 Å². The molecule has 0 bridgehead atoms. The minimum atomic E-state index is -0.186. The van der Waals surface area contributed by atoms with Crippen LogP contribution in [0.4, 0.5) is 0 Å². The van der Waals surface area contributed by atoms with Crippen molar-refractivity contribution >= 4 is 31.2 Å². The minimum absolute atomic E-state index is 0.186. The monoisotopic (exact) mass is 338 g/mol. The predicted octanol–water partition coefficient (Wildman–Crippen LogP) is 2.73. The standard InChI is InChI=1S/C16H18OSSe/c17-15(13-19-16-9-5-2-6-10-16)12-18-11-14-7-3-1-4-8-14/h1-10,15,17H,11-13H2. The van der Waals surface area contributed by atoms with Crippen LogP contribution in [0, 0.1) is 0 Å². The number of hydrogen-bond donors (Lipinski definition) is 1. The Kier molecular flexibility index (Phi) is 6.52. The first-order valence-electron chi connectivity index (χ1n) is 6.32. The summed E-state index contributed by atoms with van der Waals surface area (Å²) in [5, 5.41) is 10.9. The molecule has 2 aromatic rings. The maximum absolute atomic E-state index is 9.98. The summed E-state index contributed by atoms with van der Waals surface area (Å²) in [5.41, 5.74) is 1.33. The van der Waals surface area contributed by atoms with Crippen LogP contribution in [0.1, 0.15) is 5.56 Å². The molecule has 0 aromatic heterocycles. The zero-order chi connectivity index (χ0) is 13.3. The Morgan fingerprint density at radius 2 is 1.58 bits per heavy atom. The van der Waals surface area contributed by atoms with Crippen molar-refractivity contribution in [2.45, 2.75) is 17.2 Å². The molecule has 1 atom stereocenters. The molecule has 1 nitrogen and oxygen atoms in total. The Bertz CT molecular complexity index is 461. The number of rotatable bonds is 7. The van der Waals surface area contributed by atoms with Crippen molar-refractivity contribution in [2.75, 3.05) is 5.75 Å². The van der Waals surface area contributed by atoms with Crippen molar-refractivity contribution in [1.29, 1.82) is 0 Å². The van der Waals surface area contributed by atoms with E-state index < -0.39 is 0 Å². The van der Waals surface area contributed by atoms with E-state index in [9.17, 15) is 5.11 Å². The topological polar surface area (TPSA) is 20.2 Å². The van der Waals surface area contributed by atoms with Crippen molar-refractivity contribution < 1.29 is 5.11 Å². The van der Waals surface area contributed by atoms with Crippen LogP contribution in [0.25, 0.3) is 0 Å². The molecule has 0 aliphatic heterocycles. The second-order valence-corrected chi connectivity index (χ2v) is 7.60. The molecule has 3 heteroatoms. The molecule has 2 aromatic carbocycles. The summed E-state index contributed by atoms with van der Waals surface area (Å²) < 4.78 is 1.36. The van der Waals surface area contributed by atoms with Crippen molar-refractivity contribution in [3.05, 3.63) is 66.2 Å². The fraction of sp³-hybridized carbons (Fsp3) is 0.250. The van der Waals surface area contributed by atoms with Gasteiger partial charge in [0.25, 0.3) is 0 Å². The van der Waals surface area contributed by atoms with Gasteiger partial charge in [0.1, 0.15) is 0 Å². The first-order chi connectivity index (χ1) is 9.34. The van der Waals surface area contributed by atoms with Crippen molar-refractivity contribution in [3.63, 3.8) is 0 Å². The van der Waals surface area contributed by atoms with Gasteiger partial charge in [0.2, 0.25) is 0 Å². The summed E-state index contributed by atoms with van der Waals surface area (Å²) in [6.07, 6.45) is -0.186. The van der Waals surface area contributed by atoms with Gasteiger partial charge in [-0.15, -0.1) is 0 Å². The molecule has 0 heterocycles. The molecule has 0 aliphatic carbocycles. The molecule has 2 rings (SSSR count). The Labute approximate surface area is 125 Å². The van der Waals surface area contributed by atoms with E-state index >= 15 is 0 Å². The molecular weight excluding hydrogens is 319 g/mol. The van der Waals surface area contributed by atoms with E-state index in [0.29, 0.717) is 15.0 Å². The van der Waals surface area contributed by atoms with Gasteiger partial charge >= 0.3 is 125 Å². The predicted molar refractivity (Wildman–Crippen MR) is 85.2 cm³/mol. The van der Waals surface area contributed by atoms with E-state index in [1.165, 1.54) is 10.0 Å². The van der Waals surface area contributed by atoms with Crippen LogP contribution in [0.3, 0.4) is 0 Å². The first-order valence-corrected chi connectivity index (χ1v) is 9.54. The molecule has 0 aliphatic rings. The molecule has 0 saturated carbocycles. The fourth-order valence-electron chi connectivity index (χ4n) is 1.64. The number of hydrogen-bond acceptors (Lipinski definition) is 2. The molecule has 0 saturated heterocycles. The van der Waals surface area contributed by atoms with Crippen LogP contribution in [0.2, 0.25) is 5.32 Å². The summed E-state index contributed by atoms with van der Waals surface area (Å²) in [5.74, 6) is 1.81. The van der Waals surface area contributed by atoms with Crippen LogP contribution < -0.4 is 4.46 Å². The van der Waals surface area contributed by atoms with Crippen LogP contribution >= 0.6 is 11.8 Å². The zero-order valence-corrected chi connectivity index (χ0v) is 13.3. The van der Waals surface area contributed by atoms with Crippen LogP contribution in [0.15, 0.2) is 60.7 Å². The van der Waals surface area contributed by atoms with E-state index in [1.807, 2.05) is 23.9 Å². The zero-order valence-electron chi connectivity index (χ0n) is 10.7. The van der Waals surface area contributed by atoms with Gasteiger partial charge < -0.3 is 0 Å². The van der Waals surface area contributed by atoms with Gasteiger partial charge in [-0.05, 0) is 0 Å². The Morgan fingerprint density at radius 1 is 0.947 bits per heavy atom. The molecule has 100 valence electrons. The van der Waals surface area contributed by atoms with E-state index in [4.69, 9.17) is 0 Å². The summed E-state index contributed by atoms with van der Waals surface area (Å²) in [4.78, 5) is 0. The molecule has 0 spiro atoms. The summed E-state index contributed by atoms with van der Waals surface area (Å²) in [7, 11) is 0.